The number of rotatable bonds is 9. The summed E-state index contributed by atoms with van der Waals surface area (Å²) in [5.74, 6) is -1.54. The first-order valence-corrected chi connectivity index (χ1v) is 11.8. The summed E-state index contributed by atoms with van der Waals surface area (Å²) in [5, 5.41) is 2.55. The molecule has 1 aromatic heterocycles. The maximum Gasteiger partial charge on any atom is 0.306 e. The van der Waals surface area contributed by atoms with Crippen molar-refractivity contribution in [2.24, 2.45) is 0 Å². The second kappa shape index (κ2) is 10.4. The molecule has 0 radical (unpaired) electrons. The van der Waals surface area contributed by atoms with Gasteiger partial charge in [-0.2, -0.15) is 0 Å². The van der Waals surface area contributed by atoms with E-state index in [9.17, 15) is 22.8 Å². The first-order chi connectivity index (χ1) is 14.4. The Bertz CT molecular complexity index is 1110. The number of thiophene rings is 1. The first-order valence-electron chi connectivity index (χ1n) is 9.19. The number of ether oxygens (including phenoxy) is 1. The van der Waals surface area contributed by atoms with E-state index < -0.39 is 28.5 Å². The number of nitrogens with one attached hydrogen (secondary N) is 1. The summed E-state index contributed by atoms with van der Waals surface area (Å²) < 4.78 is 30.4. The molecule has 31 heavy (non-hydrogen) atoms. The maximum atomic E-state index is 12.2. The van der Waals surface area contributed by atoms with Crippen molar-refractivity contribution in [3.63, 3.8) is 0 Å². The number of aryl methyl sites for hydroxylation is 2. The largest absolute Gasteiger partial charge is 0.456 e. The predicted molar refractivity (Wildman–Crippen MR) is 119 cm³/mol. The lowest BCUT2D eigenvalue weighted by atomic mass is 10.1. The van der Waals surface area contributed by atoms with Crippen molar-refractivity contribution < 1.29 is 27.5 Å². The van der Waals surface area contributed by atoms with Crippen molar-refractivity contribution in [2.75, 3.05) is 26.0 Å². The van der Waals surface area contributed by atoms with Crippen LogP contribution in [0.2, 0.25) is 5.02 Å². The minimum Gasteiger partial charge on any atom is -0.456 e. The number of nitrogens with zero attached hydrogens (tertiary/aromatic N) is 1. The fraction of sp³-hybridized carbons (Fsp3) is 0.350. The molecule has 168 valence electrons. The fourth-order valence-electron chi connectivity index (χ4n) is 2.63. The summed E-state index contributed by atoms with van der Waals surface area (Å²) in [6.07, 6.45) is -0.175. The summed E-state index contributed by atoms with van der Waals surface area (Å²) in [7, 11) is -0.947. The standard InChI is InChI=1S/C20H23ClN2O6S2/c1-12-9-15(13(2)30-12)18(24)7-8-20(26)29-11-19(25)22-17-10-14(5-6-16(17)21)31(27,28)23(3)4/h5-6,9-10H,7-8,11H2,1-4H3,(H,22,25). The Morgan fingerprint density at radius 3 is 2.39 bits per heavy atom. The van der Waals surface area contributed by atoms with E-state index >= 15 is 0 Å². The van der Waals surface area contributed by atoms with E-state index in [1.54, 1.807) is 6.07 Å². The molecule has 0 bridgehead atoms. The van der Waals surface area contributed by atoms with Crippen LogP contribution in [-0.4, -0.2) is 51.1 Å². The van der Waals surface area contributed by atoms with Crippen LogP contribution in [0.3, 0.4) is 0 Å². The summed E-state index contributed by atoms with van der Waals surface area (Å²) in [6, 6.07) is 5.68. The zero-order valence-electron chi connectivity index (χ0n) is 17.5. The minimum atomic E-state index is -3.71. The van der Waals surface area contributed by atoms with E-state index in [0.717, 1.165) is 14.1 Å². The third-order valence-corrected chi connectivity index (χ3v) is 7.36. The zero-order chi connectivity index (χ0) is 23.3. The van der Waals surface area contributed by atoms with Crippen molar-refractivity contribution >= 4 is 56.3 Å². The Labute approximate surface area is 190 Å². The molecule has 0 saturated heterocycles. The zero-order valence-corrected chi connectivity index (χ0v) is 19.9. The van der Waals surface area contributed by atoms with Gasteiger partial charge < -0.3 is 10.1 Å². The molecule has 0 spiro atoms. The first kappa shape index (κ1) is 25.0. The lowest BCUT2D eigenvalue weighted by molar-refractivity contribution is -0.147. The number of carbonyl (C=O) groups excluding carboxylic acids is 3. The number of carbonyl (C=O) groups is 3. The van der Waals surface area contributed by atoms with Crippen molar-refractivity contribution in [1.82, 2.24) is 4.31 Å². The molecule has 0 aliphatic heterocycles. The molecular formula is C20H23ClN2O6S2. The quantitative estimate of drug-likeness (QED) is 0.429. The Morgan fingerprint density at radius 2 is 1.81 bits per heavy atom. The summed E-state index contributed by atoms with van der Waals surface area (Å²) in [6.45, 7) is 3.15. The molecule has 2 aromatic rings. The van der Waals surface area contributed by atoms with E-state index in [1.165, 1.54) is 43.6 Å². The summed E-state index contributed by atoms with van der Waals surface area (Å²) in [4.78, 5) is 38.1. The Hall–Kier alpha value is -2.27. The number of Topliss-reactive ketones (excluding diaryl/α,β-unsaturated/α-hetero) is 1. The third-order valence-electron chi connectivity index (χ3n) is 4.25. The topological polar surface area (TPSA) is 110 Å². The number of hydrogen-bond acceptors (Lipinski definition) is 7. The van der Waals surface area contributed by atoms with Gasteiger partial charge in [0.05, 0.1) is 22.0 Å². The molecule has 1 heterocycles. The van der Waals surface area contributed by atoms with Crippen LogP contribution in [0.15, 0.2) is 29.2 Å². The monoisotopic (exact) mass is 486 g/mol. The average Bonchev–Trinajstić information content (AvgIpc) is 3.04. The van der Waals surface area contributed by atoms with Gasteiger partial charge in [-0.1, -0.05) is 11.6 Å². The molecule has 0 saturated carbocycles. The highest BCUT2D eigenvalue weighted by Crippen LogP contribution is 2.26. The smallest absolute Gasteiger partial charge is 0.306 e. The van der Waals surface area contributed by atoms with Gasteiger partial charge in [0, 0.05) is 35.8 Å². The van der Waals surface area contributed by atoms with Crippen LogP contribution in [0.25, 0.3) is 0 Å². The lowest BCUT2D eigenvalue weighted by Crippen LogP contribution is -2.23. The van der Waals surface area contributed by atoms with Gasteiger partial charge in [-0.05, 0) is 38.1 Å². The molecule has 0 aliphatic carbocycles. The molecular weight excluding hydrogens is 464 g/mol. The number of esters is 1. The van der Waals surface area contributed by atoms with Crippen LogP contribution < -0.4 is 5.32 Å². The number of ketones is 1. The van der Waals surface area contributed by atoms with Crippen LogP contribution in [0, 0.1) is 13.8 Å². The fourth-order valence-corrected chi connectivity index (χ4v) is 4.67. The van der Waals surface area contributed by atoms with E-state index in [-0.39, 0.29) is 34.2 Å². The Kier molecular flexibility index (Phi) is 8.35. The molecule has 1 aromatic carbocycles. The van der Waals surface area contributed by atoms with Crippen molar-refractivity contribution in [3.8, 4) is 0 Å². The number of hydrogen-bond donors (Lipinski definition) is 1. The summed E-state index contributed by atoms with van der Waals surface area (Å²) in [5.41, 5.74) is 0.666. The normalized spacial score (nSPS) is 11.4. The van der Waals surface area contributed by atoms with Crippen LogP contribution in [0.1, 0.15) is 33.0 Å². The second-order valence-corrected chi connectivity index (χ2v) is 10.9. The third kappa shape index (κ3) is 6.60. The highest BCUT2D eigenvalue weighted by molar-refractivity contribution is 7.89. The van der Waals surface area contributed by atoms with Gasteiger partial charge in [-0.15, -0.1) is 11.3 Å². The number of sulfonamides is 1. The maximum absolute atomic E-state index is 12.2. The van der Waals surface area contributed by atoms with Gasteiger partial charge >= 0.3 is 5.97 Å². The molecule has 0 fully saturated rings. The number of amides is 1. The Morgan fingerprint density at radius 1 is 1.13 bits per heavy atom. The van der Waals surface area contributed by atoms with Gasteiger partial charge in [-0.3, -0.25) is 14.4 Å². The van der Waals surface area contributed by atoms with Crippen LogP contribution in [-0.2, 0) is 24.3 Å². The number of anilines is 1. The van der Waals surface area contributed by atoms with Gasteiger partial charge in [0.15, 0.2) is 12.4 Å². The molecule has 8 nitrogen and oxygen atoms in total. The molecule has 0 aliphatic rings. The lowest BCUT2D eigenvalue weighted by Gasteiger charge is -2.14. The molecule has 2 rings (SSSR count). The second-order valence-electron chi connectivity index (χ2n) is 6.89. The van der Waals surface area contributed by atoms with Gasteiger partial charge in [-0.25, -0.2) is 12.7 Å². The highest BCUT2D eigenvalue weighted by Gasteiger charge is 2.20. The molecule has 1 amide bonds. The molecule has 0 unspecified atom stereocenters. The van der Waals surface area contributed by atoms with Crippen molar-refractivity contribution in [1.29, 1.82) is 0 Å². The SMILES string of the molecule is Cc1cc(C(=O)CCC(=O)OCC(=O)Nc2cc(S(=O)(=O)N(C)C)ccc2Cl)c(C)s1. The van der Waals surface area contributed by atoms with Crippen LogP contribution >= 0.6 is 22.9 Å². The predicted octanol–water partition coefficient (Wildman–Crippen LogP) is 3.41. The van der Waals surface area contributed by atoms with Crippen LogP contribution in [0.5, 0.6) is 0 Å². The summed E-state index contributed by atoms with van der Waals surface area (Å²) >= 11 is 7.53. The average molecular weight is 487 g/mol. The van der Waals surface area contributed by atoms with Gasteiger partial charge in [0.2, 0.25) is 10.0 Å². The molecule has 11 heteroatoms. The van der Waals surface area contributed by atoms with Crippen LogP contribution in [0.4, 0.5) is 5.69 Å². The van der Waals surface area contributed by atoms with E-state index in [2.05, 4.69) is 5.32 Å². The number of halogens is 1. The van der Waals surface area contributed by atoms with Gasteiger partial charge in [0.1, 0.15) is 0 Å². The van der Waals surface area contributed by atoms with Gasteiger partial charge in [0.25, 0.3) is 5.91 Å². The van der Waals surface area contributed by atoms with E-state index in [1.807, 2.05) is 13.8 Å². The van der Waals surface area contributed by atoms with E-state index in [4.69, 9.17) is 16.3 Å². The van der Waals surface area contributed by atoms with Crippen molar-refractivity contribution in [2.45, 2.75) is 31.6 Å². The Balaban J connectivity index is 1.90. The molecule has 1 N–H and O–H groups in total. The molecule has 0 atom stereocenters. The minimum absolute atomic E-state index is 0.0201. The van der Waals surface area contributed by atoms with Crippen molar-refractivity contribution in [3.05, 3.63) is 44.6 Å². The number of benzene rings is 1. The highest BCUT2D eigenvalue weighted by atomic mass is 35.5. The van der Waals surface area contributed by atoms with E-state index in [0.29, 0.717) is 5.56 Å².